The molecule has 0 radical (unpaired) electrons. The van der Waals surface area contributed by atoms with E-state index >= 15 is 0 Å². The first-order valence-electron chi connectivity index (χ1n) is 7.49. The number of nitrogens with zero attached hydrogens (tertiary/aromatic N) is 2. The van der Waals surface area contributed by atoms with Crippen LogP contribution in [0.4, 0.5) is 0 Å². The molecule has 1 aromatic rings. The van der Waals surface area contributed by atoms with Crippen molar-refractivity contribution >= 4 is 11.6 Å². The zero-order valence-corrected chi connectivity index (χ0v) is 12.7. The normalized spacial score (nSPS) is 30.5. The van der Waals surface area contributed by atoms with Crippen molar-refractivity contribution in [3.05, 3.63) is 18.0 Å². The average molecular weight is 282 g/mol. The largest absolute Gasteiger partial charge is 0.308 e. The lowest BCUT2D eigenvalue weighted by atomic mass is 9.67. The molecule has 106 valence electrons. The third kappa shape index (κ3) is 2.55. The van der Waals surface area contributed by atoms with Crippen LogP contribution < -0.4 is 5.32 Å². The topological polar surface area (TPSA) is 29.9 Å². The van der Waals surface area contributed by atoms with E-state index in [0.29, 0.717) is 17.5 Å². The molecule has 0 amide bonds. The van der Waals surface area contributed by atoms with Crippen LogP contribution in [0.15, 0.2) is 12.3 Å². The predicted molar refractivity (Wildman–Crippen MR) is 78.4 cm³/mol. The van der Waals surface area contributed by atoms with Gasteiger partial charge < -0.3 is 5.32 Å². The molecule has 0 aliphatic heterocycles. The molecule has 0 bridgehead atoms. The van der Waals surface area contributed by atoms with E-state index in [2.05, 4.69) is 36.1 Å². The predicted octanol–water partition coefficient (Wildman–Crippen LogP) is 3.49. The second-order valence-electron chi connectivity index (χ2n) is 6.68. The Balaban J connectivity index is 1.53. The van der Waals surface area contributed by atoms with Crippen molar-refractivity contribution in [2.45, 2.75) is 70.0 Å². The third-order valence-corrected chi connectivity index (χ3v) is 5.78. The lowest BCUT2D eigenvalue weighted by molar-refractivity contribution is 0.115. The second-order valence-corrected chi connectivity index (χ2v) is 7.21. The molecule has 4 heteroatoms. The molecule has 0 spiro atoms. The van der Waals surface area contributed by atoms with Crippen molar-refractivity contribution in [2.75, 3.05) is 0 Å². The molecule has 2 unspecified atom stereocenters. The summed E-state index contributed by atoms with van der Waals surface area (Å²) in [6.45, 7) is 5.34. The maximum Gasteiger partial charge on any atom is 0.0762 e. The van der Waals surface area contributed by atoms with E-state index in [1.54, 1.807) is 0 Å². The average Bonchev–Trinajstić information content (AvgIpc) is 3.04. The maximum atomic E-state index is 6.25. The highest BCUT2D eigenvalue weighted by molar-refractivity contribution is 6.21. The van der Waals surface area contributed by atoms with Crippen LogP contribution in [0.2, 0.25) is 0 Å². The van der Waals surface area contributed by atoms with Crippen molar-refractivity contribution in [1.82, 2.24) is 15.1 Å². The van der Waals surface area contributed by atoms with Gasteiger partial charge in [0.25, 0.3) is 0 Å². The summed E-state index contributed by atoms with van der Waals surface area (Å²) in [4.78, 5) is 0. The highest BCUT2D eigenvalue weighted by atomic mass is 35.5. The molecule has 2 aliphatic rings. The second kappa shape index (κ2) is 5.10. The lowest BCUT2D eigenvalue weighted by Crippen LogP contribution is -2.57. The molecule has 1 N–H and O–H groups in total. The Morgan fingerprint density at radius 2 is 2.16 bits per heavy atom. The Morgan fingerprint density at radius 1 is 1.42 bits per heavy atom. The van der Waals surface area contributed by atoms with E-state index in [0.717, 1.165) is 18.7 Å². The standard InChI is InChI=1S/C15H24ClN3/c1-15(2)13(16)9-14(15)17-10-11-7-8-19(18-11)12-5-3-4-6-12/h7-8,12-14,17H,3-6,9-10H2,1-2H3. The summed E-state index contributed by atoms with van der Waals surface area (Å²) in [6, 6.07) is 3.31. The molecular formula is C15H24ClN3. The molecule has 2 atom stereocenters. The monoisotopic (exact) mass is 281 g/mol. The van der Waals surface area contributed by atoms with Gasteiger partial charge in [-0.2, -0.15) is 5.10 Å². The van der Waals surface area contributed by atoms with Crippen molar-refractivity contribution in [3.8, 4) is 0 Å². The number of hydrogen-bond acceptors (Lipinski definition) is 2. The minimum absolute atomic E-state index is 0.204. The summed E-state index contributed by atoms with van der Waals surface area (Å²) in [6.07, 6.45) is 8.49. The van der Waals surface area contributed by atoms with E-state index in [9.17, 15) is 0 Å². The fourth-order valence-corrected chi connectivity index (χ4v) is 3.62. The Kier molecular flexibility index (Phi) is 3.61. The van der Waals surface area contributed by atoms with Crippen LogP contribution in [-0.2, 0) is 6.54 Å². The molecule has 2 fully saturated rings. The summed E-state index contributed by atoms with van der Waals surface area (Å²) in [5.41, 5.74) is 1.36. The first kappa shape index (κ1) is 13.4. The van der Waals surface area contributed by atoms with Crippen LogP contribution in [0.5, 0.6) is 0 Å². The van der Waals surface area contributed by atoms with Crippen LogP contribution >= 0.6 is 11.6 Å². The van der Waals surface area contributed by atoms with E-state index < -0.39 is 0 Å². The molecule has 1 heterocycles. The number of rotatable bonds is 4. The number of aromatic nitrogens is 2. The van der Waals surface area contributed by atoms with Crippen LogP contribution in [0, 0.1) is 5.41 Å². The maximum absolute atomic E-state index is 6.25. The van der Waals surface area contributed by atoms with Gasteiger partial charge in [0.2, 0.25) is 0 Å². The van der Waals surface area contributed by atoms with Crippen molar-refractivity contribution < 1.29 is 0 Å². The number of hydrogen-bond donors (Lipinski definition) is 1. The van der Waals surface area contributed by atoms with Gasteiger partial charge in [0.1, 0.15) is 0 Å². The molecule has 3 rings (SSSR count). The van der Waals surface area contributed by atoms with Gasteiger partial charge in [-0.3, -0.25) is 4.68 Å². The molecule has 1 aromatic heterocycles. The number of alkyl halides is 1. The van der Waals surface area contributed by atoms with Gasteiger partial charge in [-0.05, 0) is 30.7 Å². The first-order chi connectivity index (χ1) is 9.07. The summed E-state index contributed by atoms with van der Waals surface area (Å²) < 4.78 is 2.17. The lowest BCUT2D eigenvalue weighted by Gasteiger charge is -2.49. The quantitative estimate of drug-likeness (QED) is 0.856. The van der Waals surface area contributed by atoms with E-state index in [4.69, 9.17) is 16.7 Å². The highest BCUT2D eigenvalue weighted by Gasteiger charge is 2.46. The van der Waals surface area contributed by atoms with Crippen LogP contribution in [0.25, 0.3) is 0 Å². The van der Waals surface area contributed by atoms with Gasteiger partial charge in [-0.25, -0.2) is 0 Å². The SMILES string of the molecule is CC1(C)C(Cl)CC1NCc1ccn(C2CCCC2)n1. The van der Waals surface area contributed by atoms with Gasteiger partial charge in [-0.1, -0.05) is 26.7 Å². The van der Waals surface area contributed by atoms with Crippen LogP contribution in [-0.4, -0.2) is 21.2 Å². The van der Waals surface area contributed by atoms with Crippen LogP contribution in [0.3, 0.4) is 0 Å². The van der Waals surface area contributed by atoms with Gasteiger partial charge in [0.15, 0.2) is 0 Å². The fourth-order valence-electron chi connectivity index (χ4n) is 3.29. The highest BCUT2D eigenvalue weighted by Crippen LogP contribution is 2.44. The zero-order valence-electron chi connectivity index (χ0n) is 11.9. The molecule has 0 saturated heterocycles. The Morgan fingerprint density at radius 3 is 2.79 bits per heavy atom. The smallest absolute Gasteiger partial charge is 0.0762 e. The minimum atomic E-state index is 0.204. The van der Waals surface area contributed by atoms with Gasteiger partial charge in [0, 0.05) is 24.2 Å². The van der Waals surface area contributed by atoms with E-state index in [-0.39, 0.29) is 5.41 Å². The Bertz CT molecular complexity index is 434. The number of nitrogens with one attached hydrogen (secondary N) is 1. The summed E-state index contributed by atoms with van der Waals surface area (Å²) in [5, 5.41) is 8.62. The molecule has 2 saturated carbocycles. The van der Waals surface area contributed by atoms with Crippen LogP contribution in [0.1, 0.15) is 57.7 Å². The molecule has 19 heavy (non-hydrogen) atoms. The van der Waals surface area contributed by atoms with Crippen molar-refractivity contribution in [1.29, 1.82) is 0 Å². The molecule has 3 nitrogen and oxygen atoms in total. The van der Waals surface area contributed by atoms with Gasteiger partial charge >= 0.3 is 0 Å². The zero-order chi connectivity index (χ0) is 13.5. The van der Waals surface area contributed by atoms with Crippen molar-refractivity contribution in [3.63, 3.8) is 0 Å². The van der Waals surface area contributed by atoms with Gasteiger partial charge in [-0.15, -0.1) is 11.6 Å². The Labute approximate surface area is 120 Å². The summed E-state index contributed by atoms with van der Waals surface area (Å²) in [5.74, 6) is 0. The summed E-state index contributed by atoms with van der Waals surface area (Å²) in [7, 11) is 0. The minimum Gasteiger partial charge on any atom is -0.308 e. The van der Waals surface area contributed by atoms with E-state index in [1.807, 2.05) is 0 Å². The fraction of sp³-hybridized carbons (Fsp3) is 0.800. The Hall–Kier alpha value is -0.540. The molecule has 0 aromatic carbocycles. The van der Waals surface area contributed by atoms with E-state index in [1.165, 1.54) is 25.7 Å². The molecule has 2 aliphatic carbocycles. The van der Waals surface area contributed by atoms with Crippen molar-refractivity contribution in [2.24, 2.45) is 5.41 Å². The van der Waals surface area contributed by atoms with Gasteiger partial charge in [0.05, 0.1) is 11.7 Å². The summed E-state index contributed by atoms with van der Waals surface area (Å²) >= 11 is 6.25. The third-order valence-electron chi connectivity index (χ3n) is 5.04. The number of halogens is 1. The first-order valence-corrected chi connectivity index (χ1v) is 7.92. The molecular weight excluding hydrogens is 258 g/mol.